The minimum atomic E-state index is -1.09. The molecule has 0 aliphatic rings. The second kappa shape index (κ2) is 14.9. The van der Waals surface area contributed by atoms with Gasteiger partial charge in [-0.3, -0.25) is 20.4 Å². The fourth-order valence-corrected chi connectivity index (χ4v) is 3.28. The Kier molecular flexibility index (Phi) is 11.9. The van der Waals surface area contributed by atoms with Crippen molar-refractivity contribution in [2.75, 3.05) is 17.4 Å². The Hall–Kier alpha value is -3.25. The maximum absolute atomic E-state index is 12.7. The molecule has 0 heterocycles. The maximum atomic E-state index is 12.7. The maximum Gasteiger partial charge on any atom is 0.326 e. The first-order valence-electron chi connectivity index (χ1n) is 10.7. The number of hydrogen-bond donors (Lipinski definition) is 5. The van der Waals surface area contributed by atoms with E-state index in [2.05, 4.69) is 63.5 Å². The zero-order valence-electron chi connectivity index (χ0n) is 18.9. The number of unbranched alkanes of at least 4 members (excludes halogenated alkanes) is 1. The molecular formula is C23H26Br2N6O4. The summed E-state index contributed by atoms with van der Waals surface area (Å²) in [4.78, 5) is 35.0. The van der Waals surface area contributed by atoms with Crippen LogP contribution in [0, 0.1) is 0 Å². The predicted molar refractivity (Wildman–Crippen MR) is 144 cm³/mol. The number of carbonyl (C=O) groups is 3. The highest BCUT2D eigenvalue weighted by molar-refractivity contribution is 9.10. The van der Waals surface area contributed by atoms with Crippen LogP contribution in [0.5, 0.6) is 0 Å². The van der Waals surface area contributed by atoms with E-state index in [-0.39, 0.29) is 12.1 Å². The molecule has 0 radical (unpaired) electrons. The predicted octanol–water partition coefficient (Wildman–Crippen LogP) is 3.95. The molecule has 2 aromatic rings. The van der Waals surface area contributed by atoms with E-state index in [9.17, 15) is 14.4 Å². The van der Waals surface area contributed by atoms with Crippen molar-refractivity contribution in [3.05, 3.63) is 57.5 Å². The summed E-state index contributed by atoms with van der Waals surface area (Å²) in [5, 5.41) is 22.6. The zero-order chi connectivity index (χ0) is 25.6. The monoisotopic (exact) mass is 608 g/mol. The zero-order valence-corrected chi connectivity index (χ0v) is 22.1. The number of rotatable bonds is 13. The first-order chi connectivity index (χ1) is 16.7. The summed E-state index contributed by atoms with van der Waals surface area (Å²) in [6, 6.07) is 13.7. The Bertz CT molecular complexity index is 1060. The van der Waals surface area contributed by atoms with Crippen LogP contribution in [0.15, 0.2) is 67.7 Å². The highest BCUT2D eigenvalue weighted by atomic mass is 79.9. The molecule has 0 aliphatic carbocycles. The van der Waals surface area contributed by atoms with Gasteiger partial charge in [0.05, 0.1) is 17.6 Å². The van der Waals surface area contributed by atoms with Gasteiger partial charge in [0.15, 0.2) is 5.71 Å². The van der Waals surface area contributed by atoms with Gasteiger partial charge < -0.3 is 15.7 Å². The molecule has 186 valence electrons. The molecule has 0 spiro atoms. The largest absolute Gasteiger partial charge is 0.480 e. The Morgan fingerprint density at radius 1 is 0.943 bits per heavy atom. The Labute approximate surface area is 219 Å². The molecule has 0 saturated heterocycles. The van der Waals surface area contributed by atoms with Crippen molar-refractivity contribution < 1.29 is 19.5 Å². The van der Waals surface area contributed by atoms with Gasteiger partial charge in [-0.2, -0.15) is 10.2 Å². The van der Waals surface area contributed by atoms with Crippen LogP contribution in [0.3, 0.4) is 0 Å². The van der Waals surface area contributed by atoms with Crippen LogP contribution in [0.1, 0.15) is 26.2 Å². The smallest absolute Gasteiger partial charge is 0.326 e. The number of benzene rings is 2. The molecule has 2 aromatic carbocycles. The highest BCUT2D eigenvalue weighted by Crippen LogP contribution is 2.15. The standard InChI is InChI=1S/C23H26Br2N6O4/c1-15(32)28-20(23(34)35)4-2-3-13-26-22(33)21(31-30-19-11-7-17(25)8-12-19)14-27-29-18-9-5-16(24)6-10-18/h5-12,14,20,29-30H,2-4,13H2,1H3,(H,26,33)(H,28,32)(H,34,35)/b27-14+,31-21-/t20-/m0/s1. The molecular weight excluding hydrogens is 584 g/mol. The van der Waals surface area contributed by atoms with Gasteiger partial charge in [0.25, 0.3) is 5.91 Å². The topological polar surface area (TPSA) is 144 Å². The third kappa shape index (κ3) is 11.1. The third-order valence-corrected chi connectivity index (χ3v) is 5.55. The minimum absolute atomic E-state index is 0.0409. The number of amides is 2. The van der Waals surface area contributed by atoms with Gasteiger partial charge >= 0.3 is 5.97 Å². The molecule has 2 amide bonds. The molecule has 35 heavy (non-hydrogen) atoms. The lowest BCUT2D eigenvalue weighted by atomic mass is 10.1. The summed E-state index contributed by atoms with van der Waals surface area (Å²) in [5.74, 6) is -1.94. The van der Waals surface area contributed by atoms with Crippen LogP contribution in [0.4, 0.5) is 11.4 Å². The molecule has 2 rings (SSSR count). The van der Waals surface area contributed by atoms with Gasteiger partial charge in [-0.05, 0) is 67.8 Å². The number of aliphatic carboxylic acids is 1. The summed E-state index contributed by atoms with van der Waals surface area (Å²) in [6.45, 7) is 1.57. The van der Waals surface area contributed by atoms with Crippen LogP contribution < -0.4 is 21.5 Å². The van der Waals surface area contributed by atoms with Gasteiger partial charge in [-0.1, -0.05) is 31.9 Å². The molecule has 5 N–H and O–H groups in total. The molecule has 0 unspecified atom stereocenters. The third-order valence-electron chi connectivity index (χ3n) is 4.49. The average Bonchev–Trinajstić information content (AvgIpc) is 2.82. The average molecular weight is 610 g/mol. The van der Waals surface area contributed by atoms with Crippen molar-refractivity contribution in [3.8, 4) is 0 Å². The van der Waals surface area contributed by atoms with Crippen molar-refractivity contribution in [1.82, 2.24) is 10.6 Å². The van der Waals surface area contributed by atoms with Crippen molar-refractivity contribution >= 4 is 72.9 Å². The molecule has 1 atom stereocenters. The fraction of sp³-hybridized carbons (Fsp3) is 0.261. The number of hydrazone groups is 2. The first-order valence-corrected chi connectivity index (χ1v) is 12.2. The number of halogens is 2. The summed E-state index contributed by atoms with van der Waals surface area (Å²) in [7, 11) is 0. The normalized spacial score (nSPS) is 12.1. The van der Waals surface area contributed by atoms with Gasteiger partial charge in [-0.25, -0.2) is 4.79 Å². The lowest BCUT2D eigenvalue weighted by Gasteiger charge is -2.13. The fourth-order valence-electron chi connectivity index (χ4n) is 2.75. The Balaban J connectivity index is 1.95. The van der Waals surface area contributed by atoms with Crippen molar-refractivity contribution in [3.63, 3.8) is 0 Å². The summed E-state index contributed by atoms with van der Waals surface area (Å²) < 4.78 is 1.84. The molecule has 12 heteroatoms. The van der Waals surface area contributed by atoms with Crippen molar-refractivity contribution in [2.24, 2.45) is 10.2 Å². The van der Waals surface area contributed by atoms with Crippen molar-refractivity contribution in [1.29, 1.82) is 0 Å². The molecule has 0 fully saturated rings. The highest BCUT2D eigenvalue weighted by Gasteiger charge is 2.17. The summed E-state index contributed by atoms with van der Waals surface area (Å²) in [5.41, 5.74) is 7.13. The molecule has 0 saturated carbocycles. The van der Waals surface area contributed by atoms with Crippen LogP contribution in [-0.2, 0) is 14.4 Å². The Morgan fingerprint density at radius 2 is 1.51 bits per heavy atom. The minimum Gasteiger partial charge on any atom is -0.480 e. The van der Waals surface area contributed by atoms with E-state index in [0.717, 1.165) is 14.6 Å². The summed E-state index contributed by atoms with van der Waals surface area (Å²) >= 11 is 6.73. The number of carbonyl (C=O) groups excluding carboxylic acids is 2. The molecule has 0 aliphatic heterocycles. The van der Waals surface area contributed by atoms with Gasteiger partial charge in [0.2, 0.25) is 5.91 Å². The number of carboxylic acids is 1. The first kappa shape index (κ1) is 28.0. The van der Waals surface area contributed by atoms with E-state index in [1.54, 1.807) is 12.1 Å². The molecule has 10 nitrogen and oxygen atoms in total. The van der Waals surface area contributed by atoms with E-state index in [1.807, 2.05) is 36.4 Å². The number of hydrogen-bond acceptors (Lipinski definition) is 7. The lowest BCUT2D eigenvalue weighted by molar-refractivity contribution is -0.141. The van der Waals surface area contributed by atoms with E-state index in [0.29, 0.717) is 25.1 Å². The van der Waals surface area contributed by atoms with Crippen LogP contribution in [0.25, 0.3) is 0 Å². The van der Waals surface area contributed by atoms with Gasteiger partial charge in [-0.15, -0.1) is 0 Å². The Morgan fingerprint density at radius 3 is 2.06 bits per heavy atom. The van der Waals surface area contributed by atoms with E-state index in [1.165, 1.54) is 13.1 Å². The lowest BCUT2D eigenvalue weighted by Crippen LogP contribution is -2.39. The number of nitrogens with zero attached hydrogens (tertiary/aromatic N) is 2. The van der Waals surface area contributed by atoms with E-state index < -0.39 is 23.8 Å². The second-order valence-electron chi connectivity index (χ2n) is 7.34. The second-order valence-corrected chi connectivity index (χ2v) is 9.17. The van der Waals surface area contributed by atoms with Crippen LogP contribution >= 0.6 is 31.9 Å². The molecule has 0 bridgehead atoms. The van der Waals surface area contributed by atoms with Gasteiger partial charge in [0.1, 0.15) is 6.04 Å². The van der Waals surface area contributed by atoms with E-state index in [4.69, 9.17) is 5.11 Å². The van der Waals surface area contributed by atoms with E-state index >= 15 is 0 Å². The number of nitrogens with one attached hydrogen (secondary N) is 4. The van der Waals surface area contributed by atoms with Gasteiger partial charge in [0, 0.05) is 22.4 Å². The molecule has 0 aromatic heterocycles. The number of carboxylic acid groups (broad SMARTS) is 1. The quantitative estimate of drug-likeness (QED) is 0.132. The summed E-state index contributed by atoms with van der Waals surface area (Å²) in [6.07, 6.45) is 2.59. The van der Waals surface area contributed by atoms with Crippen LogP contribution in [-0.4, -0.2) is 47.4 Å². The van der Waals surface area contributed by atoms with Crippen LogP contribution in [0.2, 0.25) is 0 Å². The number of anilines is 2. The SMILES string of the molecule is CC(=O)N[C@@H](CCCCNC(=O)C(/C=N/Nc1ccc(Br)cc1)=N\Nc1ccc(Br)cc1)C(=O)O. The van der Waals surface area contributed by atoms with Crippen molar-refractivity contribution in [2.45, 2.75) is 32.2 Å².